The highest BCUT2D eigenvalue weighted by atomic mass is 16.7. The fourth-order valence-electron chi connectivity index (χ4n) is 6.14. The molecule has 0 rings (SSSR count). The van der Waals surface area contributed by atoms with Crippen LogP contribution in [0.15, 0.2) is 146 Å². The molecule has 0 aliphatic carbocycles. The van der Waals surface area contributed by atoms with Gasteiger partial charge in [0.1, 0.15) is 13.2 Å². The van der Waals surface area contributed by atoms with Gasteiger partial charge in [0.05, 0.1) is 34.4 Å². The van der Waals surface area contributed by atoms with Crippen molar-refractivity contribution in [2.45, 2.75) is 167 Å². The molecule has 0 heterocycles. The molecule has 69 heavy (non-hydrogen) atoms. The number of carboxylic acid groups (broad SMARTS) is 1. The van der Waals surface area contributed by atoms with Crippen LogP contribution in [0.2, 0.25) is 0 Å². The Morgan fingerprint density at radius 2 is 0.797 bits per heavy atom. The molecule has 0 aromatic rings. The fourth-order valence-corrected chi connectivity index (χ4v) is 6.14. The second-order valence-electron chi connectivity index (χ2n) is 17.7. The minimum absolute atomic E-state index is 0.164. The van der Waals surface area contributed by atoms with Crippen molar-refractivity contribution in [2.24, 2.45) is 0 Å². The lowest BCUT2D eigenvalue weighted by atomic mass is 10.1. The molecule has 0 aromatic heterocycles. The number of ether oxygens (including phenoxy) is 4. The first-order valence-corrected chi connectivity index (χ1v) is 26.0. The van der Waals surface area contributed by atoms with Gasteiger partial charge < -0.3 is 28.5 Å². The summed E-state index contributed by atoms with van der Waals surface area (Å²) >= 11 is 0. The Labute approximate surface area is 420 Å². The molecule has 2 atom stereocenters. The summed E-state index contributed by atoms with van der Waals surface area (Å²) in [6.07, 6.45) is 69.3. The fraction of sp³-hybridized carbons (Fsp3) is 0.550. The Balaban J connectivity index is 4.48. The summed E-state index contributed by atoms with van der Waals surface area (Å²) in [7, 11) is 5.92. The molecular formula is C60H94NO8+. The van der Waals surface area contributed by atoms with Crippen LogP contribution in [0.25, 0.3) is 0 Å². The number of carbonyl (C=O) groups is 3. The van der Waals surface area contributed by atoms with Gasteiger partial charge in [-0.25, -0.2) is 4.79 Å². The third-order valence-corrected chi connectivity index (χ3v) is 10.1. The van der Waals surface area contributed by atoms with Crippen LogP contribution in [0, 0.1) is 0 Å². The van der Waals surface area contributed by atoms with Gasteiger partial charge in [0, 0.05) is 12.8 Å². The highest BCUT2D eigenvalue weighted by molar-refractivity contribution is 5.71. The monoisotopic (exact) mass is 957 g/mol. The number of esters is 2. The molecule has 0 fully saturated rings. The van der Waals surface area contributed by atoms with Crippen molar-refractivity contribution in [3.05, 3.63) is 146 Å². The number of hydrogen-bond donors (Lipinski definition) is 1. The summed E-state index contributed by atoms with van der Waals surface area (Å²) in [6.45, 7) is 4.52. The molecule has 0 amide bonds. The van der Waals surface area contributed by atoms with E-state index >= 15 is 0 Å². The standard InChI is InChI=1S/C60H93NO8/c1-6-8-10-12-14-16-18-20-22-23-24-25-26-27-28-29-30-31-32-33-34-35-37-39-41-43-45-47-49-51-58(63)69-56(55-68-60(59(64)65)66-53-52-61(3,4)5)54-67-57(62)50-48-46-44-42-40-38-36-21-19-17-15-13-11-9-7-2/h8-11,14-17,20-22,24-25,27-28,30-31,33-34,36-37,39,43,45,56,60H,6-7,12-13,18-19,23,26,29,32,35,38,40-42,44,46-55H2,1-5H3/p+1/b10-8-,11-9-,16-14-,17-15-,22-20-,25-24-,28-27-,31-30-,34-33-,36-21-,39-37-,45-43-. The third kappa shape index (κ3) is 50.9. The minimum atomic E-state index is -1.54. The van der Waals surface area contributed by atoms with Crippen molar-refractivity contribution < 1.29 is 42.9 Å². The predicted molar refractivity (Wildman–Crippen MR) is 290 cm³/mol. The van der Waals surface area contributed by atoms with Gasteiger partial charge in [0.25, 0.3) is 6.29 Å². The number of rotatable bonds is 45. The van der Waals surface area contributed by atoms with Crippen LogP contribution in [-0.4, -0.2) is 87.4 Å². The Kier molecular flexibility index (Phi) is 46.1. The lowest BCUT2D eigenvalue weighted by Gasteiger charge is -2.25. The highest BCUT2D eigenvalue weighted by Gasteiger charge is 2.25. The van der Waals surface area contributed by atoms with Crippen molar-refractivity contribution in [1.29, 1.82) is 0 Å². The number of nitrogens with zero attached hydrogens (tertiary/aromatic N) is 1. The molecular weight excluding hydrogens is 863 g/mol. The van der Waals surface area contributed by atoms with E-state index in [0.717, 1.165) is 109 Å². The zero-order valence-electron chi connectivity index (χ0n) is 43.6. The van der Waals surface area contributed by atoms with E-state index in [2.05, 4.69) is 154 Å². The maximum Gasteiger partial charge on any atom is 0.361 e. The normalized spacial score (nSPS) is 14.0. The maximum absolute atomic E-state index is 12.8. The third-order valence-electron chi connectivity index (χ3n) is 10.1. The molecule has 1 N–H and O–H groups in total. The number of allylic oxidation sites excluding steroid dienone is 24. The zero-order valence-corrected chi connectivity index (χ0v) is 43.6. The summed E-state index contributed by atoms with van der Waals surface area (Å²) in [5.41, 5.74) is 0. The smallest absolute Gasteiger partial charge is 0.361 e. The molecule has 0 aliphatic heterocycles. The van der Waals surface area contributed by atoms with E-state index in [4.69, 9.17) is 18.9 Å². The van der Waals surface area contributed by atoms with Gasteiger partial charge in [-0.1, -0.05) is 179 Å². The topological polar surface area (TPSA) is 108 Å². The van der Waals surface area contributed by atoms with Gasteiger partial charge in [-0.2, -0.15) is 0 Å². The number of carbonyl (C=O) groups excluding carboxylic acids is 2. The summed E-state index contributed by atoms with van der Waals surface area (Å²) in [5, 5.41) is 9.67. The second kappa shape index (κ2) is 49.6. The van der Waals surface area contributed by atoms with Crippen LogP contribution in [0.3, 0.4) is 0 Å². The largest absolute Gasteiger partial charge is 0.477 e. The van der Waals surface area contributed by atoms with Crippen LogP contribution in [-0.2, 0) is 33.3 Å². The Hall–Kier alpha value is -4.83. The lowest BCUT2D eigenvalue weighted by molar-refractivity contribution is -0.870. The summed E-state index contributed by atoms with van der Waals surface area (Å²) in [4.78, 5) is 37.2. The minimum Gasteiger partial charge on any atom is -0.477 e. The van der Waals surface area contributed by atoms with Crippen molar-refractivity contribution in [1.82, 2.24) is 0 Å². The molecule has 0 spiro atoms. The van der Waals surface area contributed by atoms with Gasteiger partial charge in [-0.3, -0.25) is 9.59 Å². The Morgan fingerprint density at radius 3 is 1.20 bits per heavy atom. The van der Waals surface area contributed by atoms with Crippen LogP contribution in [0.1, 0.15) is 155 Å². The first-order chi connectivity index (χ1) is 33.6. The highest BCUT2D eigenvalue weighted by Crippen LogP contribution is 2.11. The quantitative estimate of drug-likeness (QED) is 0.0211. The van der Waals surface area contributed by atoms with Crippen LogP contribution in [0.5, 0.6) is 0 Å². The van der Waals surface area contributed by atoms with Crippen LogP contribution in [0.4, 0.5) is 0 Å². The molecule has 0 saturated carbocycles. The summed E-state index contributed by atoms with van der Waals surface area (Å²) < 4.78 is 22.7. The molecule has 386 valence electrons. The first-order valence-electron chi connectivity index (χ1n) is 26.0. The van der Waals surface area contributed by atoms with E-state index in [1.165, 1.54) is 0 Å². The molecule has 0 aliphatic rings. The first kappa shape index (κ1) is 64.2. The molecule has 0 radical (unpaired) electrons. The Morgan fingerprint density at radius 1 is 0.435 bits per heavy atom. The second-order valence-corrected chi connectivity index (χ2v) is 17.7. The molecule has 2 unspecified atom stereocenters. The van der Waals surface area contributed by atoms with E-state index in [1.807, 2.05) is 27.2 Å². The number of likely N-dealkylation sites (N-methyl/N-ethyl adjacent to an activating group) is 1. The van der Waals surface area contributed by atoms with Crippen LogP contribution >= 0.6 is 0 Å². The number of hydrogen-bond acceptors (Lipinski definition) is 7. The average molecular weight is 957 g/mol. The number of unbranched alkanes of at least 4 members (excludes halogenated alkanes) is 6. The van der Waals surface area contributed by atoms with Gasteiger partial charge in [0.15, 0.2) is 6.10 Å². The summed E-state index contributed by atoms with van der Waals surface area (Å²) in [5.74, 6) is -2.14. The van der Waals surface area contributed by atoms with Gasteiger partial charge in [-0.15, -0.1) is 0 Å². The molecule has 0 bridgehead atoms. The van der Waals surface area contributed by atoms with Gasteiger partial charge in [0.2, 0.25) is 0 Å². The van der Waals surface area contributed by atoms with Crippen molar-refractivity contribution in [3.8, 4) is 0 Å². The summed E-state index contributed by atoms with van der Waals surface area (Å²) in [6, 6.07) is 0. The molecule has 0 aromatic carbocycles. The Bertz CT molecular complexity index is 1630. The number of quaternary nitrogens is 1. The van der Waals surface area contributed by atoms with E-state index in [0.29, 0.717) is 30.3 Å². The van der Waals surface area contributed by atoms with Gasteiger partial charge in [-0.05, 0) is 109 Å². The van der Waals surface area contributed by atoms with Crippen molar-refractivity contribution >= 4 is 17.9 Å². The van der Waals surface area contributed by atoms with E-state index in [9.17, 15) is 19.5 Å². The number of carboxylic acids is 1. The molecule has 9 heteroatoms. The van der Waals surface area contributed by atoms with Crippen LogP contribution < -0.4 is 0 Å². The van der Waals surface area contributed by atoms with Crippen molar-refractivity contribution in [2.75, 3.05) is 47.5 Å². The lowest BCUT2D eigenvalue weighted by Crippen LogP contribution is -2.40. The zero-order chi connectivity index (χ0) is 50.6. The maximum atomic E-state index is 12.8. The van der Waals surface area contributed by atoms with Crippen molar-refractivity contribution in [3.63, 3.8) is 0 Å². The SMILES string of the molecule is CC/C=C\C/C=C\C/C=C\C/C=C\C/C=C\C/C=C\C/C=C\C/C=C\C/C=C\CCCC(=O)OC(COC(=O)CCCCCCC/C=C\C/C=C\C/C=C\CC)COC(OCC[N+](C)(C)C)C(=O)O. The molecule has 0 saturated heterocycles. The van der Waals surface area contributed by atoms with Gasteiger partial charge >= 0.3 is 17.9 Å². The van der Waals surface area contributed by atoms with E-state index in [-0.39, 0.29) is 38.6 Å². The predicted octanol–water partition coefficient (Wildman–Crippen LogP) is 14.9. The van der Waals surface area contributed by atoms with E-state index in [1.54, 1.807) is 0 Å². The average Bonchev–Trinajstić information content (AvgIpc) is 3.31. The number of aliphatic carboxylic acids is 1. The van der Waals surface area contributed by atoms with E-state index < -0.39 is 24.3 Å². The molecule has 9 nitrogen and oxygen atoms in total.